The second-order valence-electron chi connectivity index (χ2n) is 7.50. The Morgan fingerprint density at radius 3 is 2.52 bits per heavy atom. The molecule has 2 heterocycles. The summed E-state index contributed by atoms with van der Waals surface area (Å²) < 4.78 is 56.8. The Hall–Kier alpha value is -2.80. The fourth-order valence-corrected chi connectivity index (χ4v) is 4.03. The molecule has 0 aliphatic rings. The molecule has 0 radical (unpaired) electrons. The lowest BCUT2D eigenvalue weighted by Crippen LogP contribution is -2.29. The maximum Gasteiger partial charge on any atom is 0.416 e. The zero-order chi connectivity index (χ0) is 24.6. The van der Waals surface area contributed by atoms with E-state index in [1.807, 2.05) is 0 Å². The standard InChI is InChI=1S/C20H20BrF3N6O2S/c1-11(26-19(31)13-7-14(20(22,23)24)9-15(21)8-13)18-27-12(2)28-30(18)17-6-5-16(10-25-17)29-33(3,4)32/h5-11H,1-4H3,(H,26,31)/t11-/m0/s1. The number of amides is 1. The minimum Gasteiger partial charge on any atom is -0.342 e. The number of nitrogens with zero attached hydrogens (tertiary/aromatic N) is 5. The number of nitrogens with one attached hydrogen (secondary N) is 1. The molecule has 0 aliphatic heterocycles. The molecule has 0 spiro atoms. The Morgan fingerprint density at radius 1 is 1.24 bits per heavy atom. The van der Waals surface area contributed by atoms with E-state index in [1.54, 1.807) is 26.0 Å². The number of hydrogen-bond acceptors (Lipinski definition) is 6. The van der Waals surface area contributed by atoms with Crippen LogP contribution in [-0.2, 0) is 15.9 Å². The van der Waals surface area contributed by atoms with Crippen molar-refractivity contribution < 1.29 is 22.2 Å². The number of aromatic nitrogens is 4. The van der Waals surface area contributed by atoms with E-state index < -0.39 is 33.4 Å². The van der Waals surface area contributed by atoms with Crippen LogP contribution in [0.2, 0.25) is 0 Å². The van der Waals surface area contributed by atoms with Crippen LogP contribution in [0, 0.1) is 6.92 Å². The van der Waals surface area contributed by atoms with Crippen LogP contribution in [0.4, 0.5) is 18.9 Å². The molecule has 0 saturated heterocycles. The smallest absolute Gasteiger partial charge is 0.342 e. The van der Waals surface area contributed by atoms with Crippen molar-refractivity contribution in [1.29, 1.82) is 0 Å². The average molecular weight is 545 g/mol. The second-order valence-corrected chi connectivity index (χ2v) is 11.0. The van der Waals surface area contributed by atoms with Crippen LogP contribution in [0.1, 0.15) is 40.5 Å². The Labute approximate surface area is 197 Å². The van der Waals surface area contributed by atoms with E-state index in [0.717, 1.165) is 12.1 Å². The van der Waals surface area contributed by atoms with Gasteiger partial charge < -0.3 is 5.32 Å². The molecule has 0 saturated carbocycles. The monoisotopic (exact) mass is 544 g/mol. The van der Waals surface area contributed by atoms with Crippen molar-refractivity contribution in [2.45, 2.75) is 26.1 Å². The molecular formula is C20H20BrF3N6O2S. The van der Waals surface area contributed by atoms with Crippen LogP contribution in [0.25, 0.3) is 5.82 Å². The number of carbonyl (C=O) groups is 1. The zero-order valence-corrected chi connectivity index (χ0v) is 20.4. The summed E-state index contributed by atoms with van der Waals surface area (Å²) in [6.07, 6.45) is -0.138. The highest BCUT2D eigenvalue weighted by molar-refractivity contribution is 9.10. The van der Waals surface area contributed by atoms with Crippen LogP contribution in [0.15, 0.2) is 45.4 Å². The van der Waals surface area contributed by atoms with Gasteiger partial charge in [-0.15, -0.1) is 5.10 Å². The number of alkyl halides is 3. The first-order chi connectivity index (χ1) is 15.2. The summed E-state index contributed by atoms with van der Waals surface area (Å²) in [5.74, 6) is 0.419. The van der Waals surface area contributed by atoms with Crippen molar-refractivity contribution in [2.75, 3.05) is 12.5 Å². The zero-order valence-electron chi connectivity index (χ0n) is 18.0. The lowest BCUT2D eigenvalue weighted by molar-refractivity contribution is -0.137. The van der Waals surface area contributed by atoms with Gasteiger partial charge in [0.05, 0.1) is 23.5 Å². The summed E-state index contributed by atoms with van der Waals surface area (Å²) in [5, 5.41) is 6.94. The molecule has 1 N–H and O–H groups in total. The summed E-state index contributed by atoms with van der Waals surface area (Å²) in [7, 11) is -2.35. The number of benzene rings is 1. The molecular weight excluding hydrogens is 525 g/mol. The van der Waals surface area contributed by atoms with Gasteiger partial charge in [-0.3, -0.25) is 4.79 Å². The molecule has 8 nitrogen and oxygen atoms in total. The fraction of sp³-hybridized carbons (Fsp3) is 0.300. The lowest BCUT2D eigenvalue weighted by atomic mass is 10.1. The molecule has 33 heavy (non-hydrogen) atoms. The maximum absolute atomic E-state index is 13.1. The van der Waals surface area contributed by atoms with Crippen molar-refractivity contribution in [3.8, 4) is 5.82 Å². The lowest BCUT2D eigenvalue weighted by Gasteiger charge is -2.15. The van der Waals surface area contributed by atoms with Gasteiger partial charge in [-0.2, -0.15) is 22.2 Å². The Balaban J connectivity index is 1.88. The molecule has 0 bridgehead atoms. The Morgan fingerprint density at radius 2 is 1.94 bits per heavy atom. The van der Waals surface area contributed by atoms with Gasteiger partial charge in [0.2, 0.25) is 0 Å². The van der Waals surface area contributed by atoms with Gasteiger partial charge in [-0.05, 0) is 44.2 Å². The fourth-order valence-electron chi connectivity index (χ4n) is 2.92. The van der Waals surface area contributed by atoms with E-state index >= 15 is 0 Å². The number of hydrogen-bond donors (Lipinski definition) is 1. The first-order valence-corrected chi connectivity index (χ1v) is 12.6. The van der Waals surface area contributed by atoms with Gasteiger partial charge in [0.1, 0.15) is 5.82 Å². The third-order valence-corrected chi connectivity index (χ3v) is 5.34. The summed E-state index contributed by atoms with van der Waals surface area (Å²) >= 11 is 3.01. The number of halogens is 4. The van der Waals surface area contributed by atoms with Gasteiger partial charge >= 0.3 is 6.18 Å². The predicted octanol–water partition coefficient (Wildman–Crippen LogP) is 4.60. The molecule has 2 aromatic heterocycles. The molecule has 3 aromatic rings. The van der Waals surface area contributed by atoms with Gasteiger partial charge in [0, 0.05) is 32.3 Å². The Bertz CT molecular complexity index is 1310. The predicted molar refractivity (Wildman–Crippen MR) is 121 cm³/mol. The SMILES string of the molecule is Cc1nc([C@H](C)NC(=O)c2cc(Br)cc(C(F)(F)F)c2)n(-c2ccc(N=S(C)(C)=O)cn2)n1. The van der Waals surface area contributed by atoms with Gasteiger partial charge in [0.25, 0.3) is 5.91 Å². The van der Waals surface area contributed by atoms with Crippen LogP contribution in [-0.4, -0.2) is 42.4 Å². The highest BCUT2D eigenvalue weighted by Crippen LogP contribution is 2.32. The number of pyridine rings is 1. The van der Waals surface area contributed by atoms with Crippen molar-refractivity contribution in [3.63, 3.8) is 0 Å². The summed E-state index contributed by atoms with van der Waals surface area (Å²) in [5.41, 5.74) is -0.659. The van der Waals surface area contributed by atoms with E-state index in [9.17, 15) is 22.2 Å². The largest absolute Gasteiger partial charge is 0.416 e. The minimum absolute atomic E-state index is 0.131. The molecule has 13 heteroatoms. The normalized spacial score (nSPS) is 13.0. The highest BCUT2D eigenvalue weighted by atomic mass is 79.9. The van der Waals surface area contributed by atoms with E-state index in [-0.39, 0.29) is 10.0 Å². The molecule has 0 unspecified atom stereocenters. The van der Waals surface area contributed by atoms with E-state index in [0.29, 0.717) is 23.2 Å². The van der Waals surface area contributed by atoms with E-state index in [2.05, 4.69) is 40.7 Å². The second kappa shape index (κ2) is 9.21. The molecule has 0 fully saturated rings. The van der Waals surface area contributed by atoms with Crippen molar-refractivity contribution in [1.82, 2.24) is 25.1 Å². The topological polar surface area (TPSA) is 102 Å². The van der Waals surface area contributed by atoms with Crippen LogP contribution >= 0.6 is 15.9 Å². The third-order valence-electron chi connectivity index (χ3n) is 4.23. The molecule has 1 amide bonds. The van der Waals surface area contributed by atoms with Gasteiger partial charge in [-0.25, -0.2) is 14.2 Å². The van der Waals surface area contributed by atoms with Crippen LogP contribution in [0.5, 0.6) is 0 Å². The average Bonchev–Trinajstić information content (AvgIpc) is 3.08. The summed E-state index contributed by atoms with van der Waals surface area (Å²) in [4.78, 5) is 21.3. The third kappa shape index (κ3) is 6.38. The first kappa shape index (κ1) is 24.8. The quantitative estimate of drug-likeness (QED) is 0.505. The summed E-state index contributed by atoms with van der Waals surface area (Å²) in [6, 6.07) is 5.52. The Kier molecular flexibility index (Phi) is 6.93. The molecule has 176 valence electrons. The first-order valence-electron chi connectivity index (χ1n) is 9.49. The van der Waals surface area contributed by atoms with Crippen LogP contribution < -0.4 is 5.32 Å². The minimum atomic E-state index is -4.59. The molecule has 3 rings (SSSR count). The van der Waals surface area contributed by atoms with Gasteiger partial charge in [-0.1, -0.05) is 15.9 Å². The molecule has 0 aliphatic carbocycles. The number of rotatable bonds is 5. The van der Waals surface area contributed by atoms with E-state index in [1.165, 1.54) is 29.5 Å². The van der Waals surface area contributed by atoms with E-state index in [4.69, 9.17) is 0 Å². The van der Waals surface area contributed by atoms with Gasteiger partial charge in [0.15, 0.2) is 11.6 Å². The summed E-state index contributed by atoms with van der Waals surface area (Å²) in [6.45, 7) is 3.29. The highest BCUT2D eigenvalue weighted by Gasteiger charge is 2.32. The molecule has 1 atom stereocenters. The number of aryl methyl sites for hydroxylation is 1. The van der Waals surface area contributed by atoms with Crippen molar-refractivity contribution in [3.05, 3.63) is 63.8 Å². The number of carbonyl (C=O) groups excluding carboxylic acids is 1. The maximum atomic E-state index is 13.1. The van der Waals surface area contributed by atoms with Crippen LogP contribution in [0.3, 0.4) is 0 Å². The molecule has 1 aromatic carbocycles. The van der Waals surface area contributed by atoms with Crippen molar-refractivity contribution in [2.24, 2.45) is 4.36 Å². The van der Waals surface area contributed by atoms with Crippen molar-refractivity contribution >= 4 is 37.3 Å².